The average molecular weight is 266 g/mol. The molecule has 0 saturated heterocycles. The lowest BCUT2D eigenvalue weighted by atomic mass is 9.75. The molecule has 0 amide bonds. The minimum Gasteiger partial charge on any atom is -0.493 e. The summed E-state index contributed by atoms with van der Waals surface area (Å²) in [5.41, 5.74) is -0.686. The summed E-state index contributed by atoms with van der Waals surface area (Å²) in [7, 11) is 2.99. The molecule has 104 valence electrons. The fourth-order valence-corrected chi connectivity index (χ4v) is 2.10. The van der Waals surface area contributed by atoms with E-state index in [0.717, 1.165) is 0 Å². The number of carboxylic acids is 1. The summed E-state index contributed by atoms with van der Waals surface area (Å²) in [6, 6.07) is 4.91. The number of ether oxygens (including phenoxy) is 2. The van der Waals surface area contributed by atoms with Crippen LogP contribution in [0.15, 0.2) is 18.2 Å². The van der Waals surface area contributed by atoms with Crippen molar-refractivity contribution in [2.45, 2.75) is 25.2 Å². The second kappa shape index (κ2) is 6.22. The molecule has 0 fully saturated rings. The van der Waals surface area contributed by atoms with Crippen molar-refractivity contribution in [1.29, 1.82) is 0 Å². The predicted molar refractivity (Wildman–Crippen MR) is 69.8 cm³/mol. The van der Waals surface area contributed by atoms with Crippen LogP contribution in [0.1, 0.15) is 25.3 Å². The molecule has 0 heterocycles. The number of rotatable bonds is 7. The fourth-order valence-electron chi connectivity index (χ4n) is 2.10. The largest absolute Gasteiger partial charge is 0.493 e. The smallest absolute Gasteiger partial charge is 0.314 e. The maximum absolute atomic E-state index is 11.6. The molecule has 0 aliphatic carbocycles. The highest BCUT2D eigenvalue weighted by Gasteiger charge is 2.38. The van der Waals surface area contributed by atoms with Gasteiger partial charge in [0.2, 0.25) is 0 Å². The predicted octanol–water partition coefficient (Wildman–Crippen LogP) is 2.03. The second-order valence-corrected chi connectivity index (χ2v) is 4.18. The molecule has 0 saturated carbocycles. The Labute approximate surface area is 112 Å². The number of carbonyl (C=O) groups is 2. The zero-order chi connectivity index (χ0) is 14.5. The van der Waals surface area contributed by atoms with E-state index in [1.807, 2.05) is 0 Å². The topological polar surface area (TPSA) is 72.8 Å². The fraction of sp³-hybridized carbons (Fsp3) is 0.429. The highest BCUT2D eigenvalue weighted by atomic mass is 16.5. The first kappa shape index (κ1) is 15.0. The Balaban J connectivity index is 3.38. The van der Waals surface area contributed by atoms with E-state index in [0.29, 0.717) is 29.8 Å². The molecule has 0 spiro atoms. The number of benzene rings is 1. The summed E-state index contributed by atoms with van der Waals surface area (Å²) in [6.07, 6.45) is 0.874. The number of hydrogen-bond donors (Lipinski definition) is 1. The van der Waals surface area contributed by atoms with Crippen molar-refractivity contribution in [3.8, 4) is 11.5 Å². The minimum absolute atomic E-state index is 0.0751. The van der Waals surface area contributed by atoms with Crippen LogP contribution in [0.5, 0.6) is 11.5 Å². The zero-order valence-corrected chi connectivity index (χ0v) is 11.3. The Bertz CT molecular complexity index is 469. The maximum atomic E-state index is 11.6. The van der Waals surface area contributed by atoms with Gasteiger partial charge in [0, 0.05) is 6.42 Å². The zero-order valence-electron chi connectivity index (χ0n) is 11.3. The summed E-state index contributed by atoms with van der Waals surface area (Å²) in [6.45, 7) is 1.74. The number of methoxy groups -OCH3 is 2. The van der Waals surface area contributed by atoms with Gasteiger partial charge in [0.15, 0.2) is 11.5 Å². The van der Waals surface area contributed by atoms with Crippen LogP contribution in [0.2, 0.25) is 0 Å². The normalized spacial score (nSPS) is 13.4. The highest BCUT2D eigenvalue weighted by molar-refractivity contribution is 5.84. The van der Waals surface area contributed by atoms with E-state index >= 15 is 0 Å². The van der Waals surface area contributed by atoms with Gasteiger partial charge in [0.25, 0.3) is 0 Å². The molecule has 1 N–H and O–H groups in total. The van der Waals surface area contributed by atoms with Gasteiger partial charge in [-0.15, -0.1) is 0 Å². The highest BCUT2D eigenvalue weighted by Crippen LogP contribution is 2.37. The van der Waals surface area contributed by atoms with E-state index in [2.05, 4.69) is 0 Å². The Hall–Kier alpha value is -2.04. The molecule has 5 heteroatoms. The third-order valence-corrected chi connectivity index (χ3v) is 3.38. The van der Waals surface area contributed by atoms with Crippen LogP contribution in [0, 0.1) is 0 Å². The maximum Gasteiger partial charge on any atom is 0.314 e. The first-order valence-corrected chi connectivity index (χ1v) is 5.95. The molecule has 1 rings (SSSR count). The van der Waals surface area contributed by atoms with E-state index in [1.165, 1.54) is 14.2 Å². The molecule has 0 bridgehead atoms. The summed E-state index contributed by atoms with van der Waals surface area (Å²) >= 11 is 0. The van der Waals surface area contributed by atoms with Crippen LogP contribution < -0.4 is 9.47 Å². The van der Waals surface area contributed by atoms with E-state index in [9.17, 15) is 14.7 Å². The molecule has 1 aromatic rings. The van der Waals surface area contributed by atoms with Crippen molar-refractivity contribution in [3.63, 3.8) is 0 Å². The lowest BCUT2D eigenvalue weighted by Gasteiger charge is -2.27. The van der Waals surface area contributed by atoms with Crippen molar-refractivity contribution in [2.24, 2.45) is 0 Å². The Morgan fingerprint density at radius 1 is 1.32 bits per heavy atom. The van der Waals surface area contributed by atoms with Crippen LogP contribution in [0.4, 0.5) is 0 Å². The van der Waals surface area contributed by atoms with Crippen molar-refractivity contribution in [1.82, 2.24) is 0 Å². The van der Waals surface area contributed by atoms with Crippen molar-refractivity contribution >= 4 is 12.3 Å². The van der Waals surface area contributed by atoms with E-state index in [-0.39, 0.29) is 6.42 Å². The quantitative estimate of drug-likeness (QED) is 0.764. The van der Waals surface area contributed by atoms with Gasteiger partial charge in [-0.05, 0) is 24.1 Å². The van der Waals surface area contributed by atoms with Crippen LogP contribution in [0.3, 0.4) is 0 Å². The molecule has 19 heavy (non-hydrogen) atoms. The van der Waals surface area contributed by atoms with Gasteiger partial charge in [0.05, 0.1) is 19.6 Å². The van der Waals surface area contributed by atoms with Gasteiger partial charge < -0.3 is 19.4 Å². The summed E-state index contributed by atoms with van der Waals surface area (Å²) in [4.78, 5) is 22.4. The molecular weight excluding hydrogens is 248 g/mol. The number of hydrogen-bond acceptors (Lipinski definition) is 4. The Morgan fingerprint density at radius 3 is 2.37 bits per heavy atom. The van der Waals surface area contributed by atoms with E-state index < -0.39 is 11.4 Å². The molecule has 0 radical (unpaired) electrons. The number of aliphatic carboxylic acids is 1. The van der Waals surface area contributed by atoms with Crippen molar-refractivity contribution < 1.29 is 24.2 Å². The SMILES string of the molecule is CCC(CC=O)(C(=O)O)c1ccc(OC)c(OC)c1. The molecule has 0 aliphatic rings. The van der Waals surface area contributed by atoms with Gasteiger partial charge in [-0.3, -0.25) is 4.79 Å². The Kier molecular flexibility index (Phi) is 4.92. The average Bonchev–Trinajstić information content (AvgIpc) is 2.43. The van der Waals surface area contributed by atoms with Gasteiger partial charge in [0.1, 0.15) is 6.29 Å². The first-order chi connectivity index (χ1) is 9.05. The first-order valence-electron chi connectivity index (χ1n) is 5.95. The molecule has 0 aliphatic heterocycles. The lowest BCUT2D eigenvalue weighted by molar-refractivity contribution is -0.145. The van der Waals surface area contributed by atoms with Crippen LogP contribution in [-0.4, -0.2) is 31.6 Å². The monoisotopic (exact) mass is 266 g/mol. The van der Waals surface area contributed by atoms with Gasteiger partial charge >= 0.3 is 5.97 Å². The number of carboxylic acid groups (broad SMARTS) is 1. The van der Waals surface area contributed by atoms with E-state index in [4.69, 9.17) is 9.47 Å². The number of carbonyl (C=O) groups excluding carboxylic acids is 1. The molecular formula is C14H18O5. The number of aldehydes is 1. The molecule has 0 aromatic heterocycles. The van der Waals surface area contributed by atoms with Crippen LogP contribution in [0.25, 0.3) is 0 Å². The van der Waals surface area contributed by atoms with Crippen LogP contribution >= 0.6 is 0 Å². The third-order valence-electron chi connectivity index (χ3n) is 3.38. The van der Waals surface area contributed by atoms with Crippen molar-refractivity contribution in [3.05, 3.63) is 23.8 Å². The van der Waals surface area contributed by atoms with Gasteiger partial charge in [-0.2, -0.15) is 0 Å². The molecule has 5 nitrogen and oxygen atoms in total. The summed E-state index contributed by atoms with van der Waals surface area (Å²) < 4.78 is 10.3. The lowest BCUT2D eigenvalue weighted by Crippen LogP contribution is -2.35. The molecule has 1 atom stereocenters. The van der Waals surface area contributed by atoms with Gasteiger partial charge in [-0.1, -0.05) is 13.0 Å². The van der Waals surface area contributed by atoms with Gasteiger partial charge in [-0.25, -0.2) is 0 Å². The third kappa shape index (κ3) is 2.70. The minimum atomic E-state index is -1.22. The second-order valence-electron chi connectivity index (χ2n) is 4.18. The summed E-state index contributed by atoms with van der Waals surface area (Å²) in [5, 5.41) is 9.47. The van der Waals surface area contributed by atoms with E-state index in [1.54, 1.807) is 25.1 Å². The standard InChI is InChI=1S/C14H18O5/c1-4-14(7-8-15,13(16)17)10-5-6-11(18-2)12(9-10)19-3/h5-6,8-9H,4,7H2,1-3H3,(H,16,17). The Morgan fingerprint density at radius 2 is 1.95 bits per heavy atom. The molecule has 1 aromatic carbocycles. The van der Waals surface area contributed by atoms with Crippen LogP contribution in [-0.2, 0) is 15.0 Å². The van der Waals surface area contributed by atoms with Crippen molar-refractivity contribution in [2.75, 3.05) is 14.2 Å². The summed E-state index contributed by atoms with van der Waals surface area (Å²) in [5.74, 6) is -0.0490. The molecule has 1 unspecified atom stereocenters.